The van der Waals surface area contributed by atoms with Crippen LogP contribution in [-0.2, 0) is 0 Å². The summed E-state index contributed by atoms with van der Waals surface area (Å²) in [6.45, 7) is 1.89. The lowest BCUT2D eigenvalue weighted by Gasteiger charge is -2.14. The lowest BCUT2D eigenvalue weighted by molar-refractivity contribution is 0.452. The van der Waals surface area contributed by atoms with Crippen LogP contribution in [0.3, 0.4) is 0 Å². The largest absolute Gasteiger partial charge is 0.507 e. The van der Waals surface area contributed by atoms with E-state index in [9.17, 15) is 5.11 Å². The van der Waals surface area contributed by atoms with Crippen molar-refractivity contribution in [2.75, 3.05) is 0 Å². The lowest BCUT2D eigenvalue weighted by Crippen LogP contribution is -2.12. The molecule has 1 fully saturated rings. The number of phenolic OH excluding ortho intramolecular Hbond substituents is 1. The molecule has 0 aromatic heterocycles. The Morgan fingerprint density at radius 2 is 2.14 bits per heavy atom. The Labute approximate surface area is 92.3 Å². The SMILES string of the molecule is Cc1cc(Br)cc([C@H](N)C2CC2)c1O. The van der Waals surface area contributed by atoms with Crippen LogP contribution in [0.5, 0.6) is 5.75 Å². The summed E-state index contributed by atoms with van der Waals surface area (Å²) in [5, 5.41) is 9.87. The molecule has 2 rings (SSSR count). The predicted octanol–water partition coefficient (Wildman–Crippen LogP) is 2.87. The zero-order chi connectivity index (χ0) is 10.3. The van der Waals surface area contributed by atoms with E-state index in [1.165, 1.54) is 12.8 Å². The van der Waals surface area contributed by atoms with Gasteiger partial charge in [0.1, 0.15) is 5.75 Å². The molecule has 1 aliphatic carbocycles. The zero-order valence-electron chi connectivity index (χ0n) is 8.13. The number of hydrogen-bond acceptors (Lipinski definition) is 2. The molecule has 1 aromatic rings. The Balaban J connectivity index is 2.39. The van der Waals surface area contributed by atoms with Gasteiger partial charge in [-0.1, -0.05) is 15.9 Å². The number of halogens is 1. The minimum absolute atomic E-state index is 0.00815. The molecule has 3 heteroatoms. The maximum Gasteiger partial charge on any atom is 0.123 e. The Kier molecular flexibility index (Phi) is 2.54. The van der Waals surface area contributed by atoms with Crippen LogP contribution in [0.25, 0.3) is 0 Å². The highest BCUT2D eigenvalue weighted by Gasteiger charge is 2.31. The van der Waals surface area contributed by atoms with E-state index in [2.05, 4.69) is 15.9 Å². The van der Waals surface area contributed by atoms with Crippen molar-refractivity contribution in [3.8, 4) is 5.75 Å². The van der Waals surface area contributed by atoms with E-state index in [4.69, 9.17) is 5.73 Å². The van der Waals surface area contributed by atoms with Crippen molar-refractivity contribution in [3.63, 3.8) is 0 Å². The van der Waals surface area contributed by atoms with E-state index >= 15 is 0 Å². The number of hydrogen-bond donors (Lipinski definition) is 2. The minimum Gasteiger partial charge on any atom is -0.507 e. The highest BCUT2D eigenvalue weighted by molar-refractivity contribution is 9.10. The average Bonchev–Trinajstić information content (AvgIpc) is 2.93. The van der Waals surface area contributed by atoms with Gasteiger partial charge >= 0.3 is 0 Å². The molecule has 0 heterocycles. The van der Waals surface area contributed by atoms with Crippen LogP contribution >= 0.6 is 15.9 Å². The molecule has 0 saturated heterocycles. The van der Waals surface area contributed by atoms with Gasteiger partial charge in [-0.05, 0) is 43.4 Å². The molecule has 0 radical (unpaired) electrons. The van der Waals surface area contributed by atoms with Crippen molar-refractivity contribution in [3.05, 3.63) is 27.7 Å². The fourth-order valence-corrected chi connectivity index (χ4v) is 2.31. The highest BCUT2D eigenvalue weighted by Crippen LogP contribution is 2.43. The van der Waals surface area contributed by atoms with Crippen molar-refractivity contribution in [2.45, 2.75) is 25.8 Å². The van der Waals surface area contributed by atoms with E-state index < -0.39 is 0 Å². The molecule has 0 amide bonds. The first kappa shape index (κ1) is 9.99. The molecule has 0 unspecified atom stereocenters. The van der Waals surface area contributed by atoms with Crippen LogP contribution in [-0.4, -0.2) is 5.11 Å². The van der Waals surface area contributed by atoms with Crippen molar-refractivity contribution in [1.82, 2.24) is 0 Å². The van der Waals surface area contributed by atoms with Gasteiger partial charge in [0.25, 0.3) is 0 Å². The van der Waals surface area contributed by atoms with Crippen LogP contribution in [0, 0.1) is 12.8 Å². The Bertz CT molecular complexity index is 361. The molecular formula is C11H14BrNO. The number of aryl methyl sites for hydroxylation is 1. The normalized spacial score (nSPS) is 18.2. The number of rotatable bonds is 2. The van der Waals surface area contributed by atoms with Crippen LogP contribution in [0.4, 0.5) is 0 Å². The van der Waals surface area contributed by atoms with Gasteiger partial charge in [0, 0.05) is 16.1 Å². The van der Waals surface area contributed by atoms with Gasteiger partial charge in [0.2, 0.25) is 0 Å². The third kappa shape index (κ3) is 1.79. The molecule has 3 N–H and O–H groups in total. The summed E-state index contributed by atoms with van der Waals surface area (Å²) in [5.41, 5.74) is 7.81. The molecule has 0 bridgehead atoms. The smallest absolute Gasteiger partial charge is 0.123 e. The molecule has 1 atom stereocenters. The van der Waals surface area contributed by atoms with E-state index in [1.807, 2.05) is 19.1 Å². The third-order valence-electron chi connectivity index (χ3n) is 2.78. The van der Waals surface area contributed by atoms with E-state index in [0.29, 0.717) is 11.7 Å². The van der Waals surface area contributed by atoms with Gasteiger partial charge < -0.3 is 10.8 Å². The third-order valence-corrected chi connectivity index (χ3v) is 3.24. The van der Waals surface area contributed by atoms with Gasteiger partial charge in [0.05, 0.1) is 0 Å². The summed E-state index contributed by atoms with van der Waals surface area (Å²) in [6, 6.07) is 3.82. The molecule has 2 nitrogen and oxygen atoms in total. The summed E-state index contributed by atoms with van der Waals surface area (Å²) < 4.78 is 0.985. The first-order valence-corrected chi connectivity index (χ1v) is 5.63. The Morgan fingerprint density at radius 1 is 1.50 bits per heavy atom. The molecule has 1 aliphatic rings. The number of nitrogens with two attached hydrogens (primary N) is 1. The highest BCUT2D eigenvalue weighted by atomic mass is 79.9. The lowest BCUT2D eigenvalue weighted by atomic mass is 10.00. The molecule has 1 saturated carbocycles. The summed E-state index contributed by atoms with van der Waals surface area (Å²) in [7, 11) is 0. The molecule has 76 valence electrons. The van der Waals surface area contributed by atoms with Gasteiger partial charge in [0.15, 0.2) is 0 Å². The van der Waals surface area contributed by atoms with Crippen molar-refractivity contribution in [2.24, 2.45) is 11.7 Å². The second-order valence-electron chi connectivity index (χ2n) is 4.02. The second kappa shape index (κ2) is 3.55. The Hall–Kier alpha value is -0.540. The molecule has 14 heavy (non-hydrogen) atoms. The summed E-state index contributed by atoms with van der Waals surface area (Å²) in [4.78, 5) is 0. The molecule has 0 aliphatic heterocycles. The summed E-state index contributed by atoms with van der Waals surface area (Å²) >= 11 is 3.42. The fraction of sp³-hybridized carbons (Fsp3) is 0.455. The standard InChI is InChI=1S/C11H14BrNO/c1-6-4-8(12)5-9(11(6)14)10(13)7-2-3-7/h4-5,7,10,14H,2-3,13H2,1H3/t10-/m1/s1. The topological polar surface area (TPSA) is 46.2 Å². The van der Waals surface area contributed by atoms with Gasteiger partial charge in [-0.15, -0.1) is 0 Å². The van der Waals surface area contributed by atoms with Gasteiger partial charge in [-0.3, -0.25) is 0 Å². The van der Waals surface area contributed by atoms with E-state index in [-0.39, 0.29) is 6.04 Å². The van der Waals surface area contributed by atoms with Gasteiger partial charge in [-0.25, -0.2) is 0 Å². The van der Waals surface area contributed by atoms with Crippen LogP contribution in [0.1, 0.15) is 30.0 Å². The fourth-order valence-electron chi connectivity index (χ4n) is 1.72. The zero-order valence-corrected chi connectivity index (χ0v) is 9.71. The summed E-state index contributed by atoms with van der Waals surface area (Å²) in [5.74, 6) is 0.919. The van der Waals surface area contributed by atoms with E-state index in [0.717, 1.165) is 15.6 Å². The van der Waals surface area contributed by atoms with Crippen molar-refractivity contribution >= 4 is 15.9 Å². The maximum atomic E-state index is 9.87. The van der Waals surface area contributed by atoms with Crippen molar-refractivity contribution < 1.29 is 5.11 Å². The first-order valence-electron chi connectivity index (χ1n) is 4.84. The van der Waals surface area contributed by atoms with Crippen LogP contribution in [0.2, 0.25) is 0 Å². The monoisotopic (exact) mass is 255 g/mol. The first-order chi connectivity index (χ1) is 6.59. The maximum absolute atomic E-state index is 9.87. The van der Waals surface area contributed by atoms with Crippen molar-refractivity contribution in [1.29, 1.82) is 0 Å². The second-order valence-corrected chi connectivity index (χ2v) is 4.94. The number of aromatic hydroxyl groups is 1. The quantitative estimate of drug-likeness (QED) is 0.854. The number of phenols is 1. The molecule has 1 aromatic carbocycles. The van der Waals surface area contributed by atoms with Crippen LogP contribution < -0.4 is 5.73 Å². The predicted molar refractivity (Wildman–Crippen MR) is 60.2 cm³/mol. The van der Waals surface area contributed by atoms with E-state index in [1.54, 1.807) is 0 Å². The summed E-state index contributed by atoms with van der Waals surface area (Å²) in [6.07, 6.45) is 2.37. The molecule has 0 spiro atoms. The average molecular weight is 256 g/mol. The van der Waals surface area contributed by atoms with Gasteiger partial charge in [-0.2, -0.15) is 0 Å². The van der Waals surface area contributed by atoms with Crippen LogP contribution in [0.15, 0.2) is 16.6 Å². The Morgan fingerprint density at radius 3 is 2.71 bits per heavy atom. The number of benzene rings is 1. The molecular weight excluding hydrogens is 242 g/mol. The minimum atomic E-state index is -0.00815.